The molecule has 2 aliphatic carbocycles. The fraction of sp³-hybridized carbons (Fsp3) is 0.316. The van der Waals surface area contributed by atoms with Crippen molar-refractivity contribution >= 4 is 5.71 Å². The third kappa shape index (κ3) is 2.22. The van der Waals surface area contributed by atoms with Crippen LogP contribution in [-0.4, -0.2) is 25.9 Å². The van der Waals surface area contributed by atoms with Crippen LogP contribution in [0.1, 0.15) is 40.5 Å². The Morgan fingerprint density at radius 3 is 2.18 bits per heavy atom. The highest BCUT2D eigenvalue weighted by Gasteiger charge is 2.44. The van der Waals surface area contributed by atoms with Crippen LogP contribution in [0, 0.1) is 0 Å². The van der Waals surface area contributed by atoms with Crippen molar-refractivity contribution in [2.45, 2.75) is 18.3 Å². The number of oxime groups is 1. The monoisotopic (exact) mass is 292 g/mol. The Kier molecular flexibility index (Phi) is 3.43. The SMILES string of the molecule is CNCCON=C1c2ccccc2C2CC2c2ccccc21. The van der Waals surface area contributed by atoms with Crippen LogP contribution in [0.5, 0.6) is 0 Å². The fourth-order valence-corrected chi connectivity index (χ4v) is 3.46. The Balaban J connectivity index is 1.81. The maximum absolute atomic E-state index is 5.56. The summed E-state index contributed by atoms with van der Waals surface area (Å²) in [5, 5.41) is 7.57. The van der Waals surface area contributed by atoms with Gasteiger partial charge in [-0.1, -0.05) is 53.7 Å². The lowest BCUT2D eigenvalue weighted by Gasteiger charge is -2.12. The third-order valence-corrected chi connectivity index (χ3v) is 4.62. The minimum Gasteiger partial charge on any atom is -0.394 e. The normalized spacial score (nSPS) is 21.2. The minimum absolute atomic E-state index is 0.581. The Labute approximate surface area is 131 Å². The van der Waals surface area contributed by atoms with Crippen LogP contribution >= 0.6 is 0 Å². The van der Waals surface area contributed by atoms with Gasteiger partial charge in [-0.05, 0) is 36.4 Å². The second-order valence-electron chi connectivity index (χ2n) is 6.00. The van der Waals surface area contributed by atoms with Gasteiger partial charge in [-0.2, -0.15) is 0 Å². The molecule has 0 heterocycles. The van der Waals surface area contributed by atoms with Crippen molar-refractivity contribution in [2.24, 2.45) is 5.16 Å². The summed E-state index contributed by atoms with van der Waals surface area (Å²) in [4.78, 5) is 5.56. The molecule has 112 valence electrons. The molecule has 0 aromatic heterocycles. The summed E-state index contributed by atoms with van der Waals surface area (Å²) in [6, 6.07) is 17.3. The van der Waals surface area contributed by atoms with Gasteiger partial charge in [0.05, 0.1) is 0 Å². The van der Waals surface area contributed by atoms with Gasteiger partial charge in [0.1, 0.15) is 12.3 Å². The molecule has 3 nitrogen and oxygen atoms in total. The van der Waals surface area contributed by atoms with Crippen LogP contribution in [0.2, 0.25) is 0 Å². The molecule has 0 saturated heterocycles. The van der Waals surface area contributed by atoms with Crippen LogP contribution in [-0.2, 0) is 4.84 Å². The zero-order chi connectivity index (χ0) is 14.9. The summed E-state index contributed by atoms with van der Waals surface area (Å²) in [6.07, 6.45) is 1.25. The summed E-state index contributed by atoms with van der Waals surface area (Å²) in [5.41, 5.74) is 6.27. The molecule has 0 spiro atoms. The molecule has 0 amide bonds. The molecule has 2 aromatic carbocycles. The first-order valence-corrected chi connectivity index (χ1v) is 7.93. The lowest BCUT2D eigenvalue weighted by molar-refractivity contribution is 0.148. The first-order valence-electron chi connectivity index (χ1n) is 7.93. The molecule has 0 radical (unpaired) electrons. The van der Waals surface area contributed by atoms with Gasteiger partial charge < -0.3 is 10.2 Å². The average Bonchev–Trinajstić information content (AvgIpc) is 3.36. The Morgan fingerprint density at radius 1 is 1.00 bits per heavy atom. The van der Waals surface area contributed by atoms with Crippen molar-refractivity contribution in [1.82, 2.24) is 5.32 Å². The van der Waals surface area contributed by atoms with E-state index in [-0.39, 0.29) is 0 Å². The molecule has 3 heteroatoms. The molecule has 2 aliphatic rings. The molecular formula is C19H20N2O. The van der Waals surface area contributed by atoms with Crippen LogP contribution < -0.4 is 5.32 Å². The van der Waals surface area contributed by atoms with E-state index < -0.39 is 0 Å². The lowest BCUT2D eigenvalue weighted by Crippen LogP contribution is -2.14. The number of fused-ring (bicyclic) bond motifs is 5. The van der Waals surface area contributed by atoms with Crippen LogP contribution in [0.25, 0.3) is 0 Å². The Morgan fingerprint density at radius 2 is 1.59 bits per heavy atom. The quantitative estimate of drug-likeness (QED) is 0.693. The van der Waals surface area contributed by atoms with Crippen molar-refractivity contribution in [3.05, 3.63) is 70.8 Å². The maximum atomic E-state index is 5.56. The van der Waals surface area contributed by atoms with E-state index in [0.29, 0.717) is 18.4 Å². The van der Waals surface area contributed by atoms with Crippen LogP contribution in [0.3, 0.4) is 0 Å². The summed E-state index contributed by atoms with van der Waals surface area (Å²) in [7, 11) is 1.92. The highest BCUT2D eigenvalue weighted by atomic mass is 16.6. The number of nitrogens with zero attached hydrogens (tertiary/aromatic N) is 1. The number of likely N-dealkylation sites (N-methyl/N-ethyl adjacent to an activating group) is 1. The van der Waals surface area contributed by atoms with Crippen molar-refractivity contribution in [3.8, 4) is 0 Å². The van der Waals surface area contributed by atoms with E-state index >= 15 is 0 Å². The molecule has 1 N–H and O–H groups in total. The number of benzene rings is 2. The Hall–Kier alpha value is -2.13. The zero-order valence-electron chi connectivity index (χ0n) is 12.8. The van der Waals surface area contributed by atoms with E-state index in [1.54, 1.807) is 0 Å². The van der Waals surface area contributed by atoms with E-state index in [2.05, 4.69) is 59.0 Å². The van der Waals surface area contributed by atoms with Gasteiger partial charge in [0.25, 0.3) is 0 Å². The van der Waals surface area contributed by atoms with E-state index in [4.69, 9.17) is 4.84 Å². The van der Waals surface area contributed by atoms with E-state index in [1.165, 1.54) is 28.7 Å². The molecule has 22 heavy (non-hydrogen) atoms. The highest BCUT2D eigenvalue weighted by molar-refractivity contribution is 6.15. The second-order valence-corrected chi connectivity index (χ2v) is 6.00. The van der Waals surface area contributed by atoms with Crippen molar-refractivity contribution < 1.29 is 4.84 Å². The standard InChI is InChI=1S/C19H20N2O/c1-20-10-11-22-21-19-15-8-4-2-6-13(15)17-12-18(17)14-7-3-5-9-16(14)19/h2-9,17-18,20H,10-12H2,1H3. The smallest absolute Gasteiger partial charge is 0.129 e. The number of hydrogen-bond donors (Lipinski definition) is 1. The predicted octanol–water partition coefficient (Wildman–Crippen LogP) is 3.26. The number of nitrogens with one attached hydrogen (secondary N) is 1. The summed E-state index contributed by atoms with van der Waals surface area (Å²) in [5.74, 6) is 1.28. The summed E-state index contributed by atoms with van der Waals surface area (Å²) in [6.45, 7) is 1.38. The first-order chi connectivity index (χ1) is 10.9. The molecule has 2 aromatic rings. The maximum Gasteiger partial charge on any atom is 0.129 e. The van der Waals surface area contributed by atoms with Gasteiger partial charge in [-0.25, -0.2) is 0 Å². The van der Waals surface area contributed by atoms with Crippen molar-refractivity contribution in [2.75, 3.05) is 20.2 Å². The molecule has 4 rings (SSSR count). The van der Waals surface area contributed by atoms with Gasteiger partial charge in [0.15, 0.2) is 0 Å². The van der Waals surface area contributed by atoms with Gasteiger partial charge >= 0.3 is 0 Å². The number of hydrogen-bond acceptors (Lipinski definition) is 3. The highest BCUT2D eigenvalue weighted by Crippen LogP contribution is 2.58. The van der Waals surface area contributed by atoms with Crippen LogP contribution in [0.4, 0.5) is 0 Å². The van der Waals surface area contributed by atoms with Gasteiger partial charge in [-0.3, -0.25) is 0 Å². The summed E-state index contributed by atoms with van der Waals surface area (Å²) >= 11 is 0. The van der Waals surface area contributed by atoms with Crippen molar-refractivity contribution in [1.29, 1.82) is 0 Å². The topological polar surface area (TPSA) is 33.6 Å². The third-order valence-electron chi connectivity index (χ3n) is 4.62. The van der Waals surface area contributed by atoms with Crippen molar-refractivity contribution in [3.63, 3.8) is 0 Å². The van der Waals surface area contributed by atoms with Gasteiger partial charge in [-0.15, -0.1) is 0 Å². The van der Waals surface area contributed by atoms with Gasteiger partial charge in [0.2, 0.25) is 0 Å². The Bertz CT molecular complexity index is 669. The largest absolute Gasteiger partial charge is 0.394 e. The summed E-state index contributed by atoms with van der Waals surface area (Å²) < 4.78 is 0. The molecule has 1 fully saturated rings. The van der Waals surface area contributed by atoms with Crippen LogP contribution in [0.15, 0.2) is 53.7 Å². The predicted molar refractivity (Wildman–Crippen MR) is 88.5 cm³/mol. The zero-order valence-corrected chi connectivity index (χ0v) is 12.8. The number of rotatable bonds is 4. The first kappa shape index (κ1) is 13.5. The molecule has 1 saturated carbocycles. The molecule has 2 atom stereocenters. The van der Waals surface area contributed by atoms with Gasteiger partial charge in [0, 0.05) is 17.7 Å². The average molecular weight is 292 g/mol. The molecular weight excluding hydrogens is 272 g/mol. The van der Waals surface area contributed by atoms with E-state index in [0.717, 1.165) is 12.3 Å². The molecule has 2 unspecified atom stereocenters. The minimum atomic E-state index is 0.581. The van der Waals surface area contributed by atoms with E-state index in [9.17, 15) is 0 Å². The fourth-order valence-electron chi connectivity index (χ4n) is 3.46. The lowest BCUT2D eigenvalue weighted by atomic mass is 9.95. The molecule has 0 aliphatic heterocycles. The second kappa shape index (κ2) is 5.58. The molecule has 0 bridgehead atoms. The van der Waals surface area contributed by atoms with E-state index in [1.807, 2.05) is 7.05 Å².